The molecule has 4 nitrogen and oxygen atoms in total. The molecule has 0 fully saturated rings. The molecule has 0 bridgehead atoms. The van der Waals surface area contributed by atoms with Gasteiger partial charge in [0.05, 0.1) is 18.0 Å². The minimum absolute atomic E-state index is 0.202. The van der Waals surface area contributed by atoms with Gasteiger partial charge in [-0.2, -0.15) is 5.10 Å². The Morgan fingerprint density at radius 3 is 3.00 bits per heavy atom. The molecule has 19 heavy (non-hydrogen) atoms. The minimum atomic E-state index is -0.202. The molecule has 2 aromatic rings. The predicted molar refractivity (Wildman–Crippen MR) is 77.4 cm³/mol. The summed E-state index contributed by atoms with van der Waals surface area (Å²) in [6.07, 6.45) is 5.03. The van der Waals surface area contributed by atoms with Crippen molar-refractivity contribution in [3.63, 3.8) is 0 Å². The summed E-state index contributed by atoms with van der Waals surface area (Å²) in [5.74, 6) is 0.551. The summed E-state index contributed by atoms with van der Waals surface area (Å²) in [5.41, 5.74) is 4.01. The van der Waals surface area contributed by atoms with Crippen molar-refractivity contribution in [3.8, 4) is 0 Å². The van der Waals surface area contributed by atoms with Gasteiger partial charge in [0.15, 0.2) is 0 Å². The molecule has 2 heterocycles. The molecular weight excluding hydrogens is 260 g/mol. The Morgan fingerprint density at radius 2 is 2.37 bits per heavy atom. The first-order valence-corrected chi connectivity index (χ1v) is 6.63. The van der Waals surface area contributed by atoms with Gasteiger partial charge in [-0.25, -0.2) is 5.43 Å². The molecule has 0 saturated carbocycles. The largest absolute Gasteiger partial charge is 0.465 e. The number of carbonyl (C=O) groups excluding carboxylic acids is 1. The number of amides is 1. The van der Waals surface area contributed by atoms with Gasteiger partial charge in [0, 0.05) is 10.3 Å². The molecule has 2 rings (SSSR count). The van der Waals surface area contributed by atoms with E-state index in [1.54, 1.807) is 12.5 Å². The highest BCUT2D eigenvalue weighted by Crippen LogP contribution is 2.12. The van der Waals surface area contributed by atoms with Crippen LogP contribution in [0.4, 0.5) is 0 Å². The molecule has 98 valence electrons. The fourth-order valence-corrected chi connectivity index (χ4v) is 2.14. The van der Waals surface area contributed by atoms with Crippen LogP contribution in [-0.4, -0.2) is 12.1 Å². The zero-order valence-corrected chi connectivity index (χ0v) is 11.5. The number of hydrazone groups is 1. The second-order valence-electron chi connectivity index (χ2n) is 4.05. The van der Waals surface area contributed by atoms with Gasteiger partial charge in [0.25, 0.3) is 5.91 Å². The molecule has 5 heteroatoms. The van der Waals surface area contributed by atoms with Crippen LogP contribution in [0.25, 0.3) is 6.08 Å². The molecule has 2 aromatic heterocycles. The Bertz CT molecular complexity index is 609. The first kappa shape index (κ1) is 13.3. The Hall–Kier alpha value is -2.14. The molecule has 0 unspecified atom stereocenters. The maximum absolute atomic E-state index is 11.7. The van der Waals surface area contributed by atoms with E-state index in [0.717, 1.165) is 16.2 Å². The number of hydrogen-bond donors (Lipinski definition) is 1. The maximum Gasteiger partial charge on any atom is 0.272 e. The van der Waals surface area contributed by atoms with Gasteiger partial charge in [-0.05, 0) is 43.7 Å². The van der Waals surface area contributed by atoms with Crippen molar-refractivity contribution in [1.29, 1.82) is 0 Å². The second-order valence-corrected chi connectivity index (χ2v) is 5.16. The van der Waals surface area contributed by atoms with Crippen molar-refractivity contribution in [3.05, 3.63) is 51.6 Å². The summed E-state index contributed by atoms with van der Waals surface area (Å²) in [4.78, 5) is 12.8. The van der Waals surface area contributed by atoms with Crippen LogP contribution < -0.4 is 5.43 Å². The molecule has 0 spiro atoms. The molecule has 1 amide bonds. The van der Waals surface area contributed by atoms with Gasteiger partial charge in [0.1, 0.15) is 5.76 Å². The maximum atomic E-state index is 11.7. The van der Waals surface area contributed by atoms with Crippen molar-refractivity contribution in [2.24, 2.45) is 5.10 Å². The normalized spacial score (nSPS) is 12.0. The van der Waals surface area contributed by atoms with Crippen LogP contribution in [0.15, 0.2) is 44.9 Å². The van der Waals surface area contributed by atoms with Gasteiger partial charge in [-0.3, -0.25) is 4.79 Å². The van der Waals surface area contributed by atoms with Crippen molar-refractivity contribution >= 4 is 29.5 Å². The van der Waals surface area contributed by atoms with Gasteiger partial charge < -0.3 is 4.42 Å². The summed E-state index contributed by atoms with van der Waals surface area (Å²) in [6.45, 7) is 3.84. The Kier molecular flexibility index (Phi) is 4.30. The topological polar surface area (TPSA) is 54.6 Å². The fraction of sp³-hybridized carbons (Fsp3) is 0.143. The molecular formula is C14H14N2O2S. The Labute approximate surface area is 115 Å². The number of nitrogens with zero attached hydrogens (tertiary/aromatic N) is 1. The Balaban J connectivity index is 1.91. The zero-order valence-electron chi connectivity index (χ0n) is 10.7. The SMILES string of the molecule is CC(/C=N/NC(=O)c1csc(C)c1)=C\c1ccco1. The lowest BCUT2D eigenvalue weighted by Gasteiger charge is -1.95. The van der Waals surface area contributed by atoms with Crippen molar-refractivity contribution in [2.75, 3.05) is 0 Å². The summed E-state index contributed by atoms with van der Waals surface area (Å²) in [7, 11) is 0. The van der Waals surface area contributed by atoms with E-state index in [1.807, 2.05) is 43.5 Å². The van der Waals surface area contributed by atoms with Crippen LogP contribution in [0.3, 0.4) is 0 Å². The first-order valence-electron chi connectivity index (χ1n) is 5.75. The van der Waals surface area contributed by atoms with E-state index >= 15 is 0 Å². The van der Waals surface area contributed by atoms with Gasteiger partial charge in [0.2, 0.25) is 0 Å². The summed E-state index contributed by atoms with van der Waals surface area (Å²) in [6, 6.07) is 5.50. The predicted octanol–water partition coefficient (Wildman–Crippen LogP) is 3.47. The molecule has 1 N–H and O–H groups in total. The van der Waals surface area contributed by atoms with Gasteiger partial charge in [-0.1, -0.05) is 0 Å². The lowest BCUT2D eigenvalue weighted by atomic mass is 10.3. The molecule has 0 radical (unpaired) electrons. The van der Waals surface area contributed by atoms with Crippen molar-refractivity contribution in [1.82, 2.24) is 5.43 Å². The molecule has 0 aliphatic carbocycles. The average molecular weight is 274 g/mol. The summed E-state index contributed by atoms with van der Waals surface area (Å²) in [5, 5.41) is 5.72. The van der Waals surface area contributed by atoms with E-state index in [4.69, 9.17) is 4.42 Å². The lowest BCUT2D eigenvalue weighted by Crippen LogP contribution is -2.16. The van der Waals surface area contributed by atoms with Gasteiger partial charge >= 0.3 is 0 Å². The third-order valence-corrected chi connectivity index (χ3v) is 3.20. The van der Waals surface area contributed by atoms with E-state index in [0.29, 0.717) is 5.56 Å². The molecule has 0 aliphatic rings. The number of rotatable bonds is 4. The van der Waals surface area contributed by atoms with Crippen LogP contribution in [0, 0.1) is 6.92 Å². The minimum Gasteiger partial charge on any atom is -0.465 e. The van der Waals surface area contributed by atoms with Crippen LogP contribution >= 0.6 is 11.3 Å². The lowest BCUT2D eigenvalue weighted by molar-refractivity contribution is 0.0955. The smallest absolute Gasteiger partial charge is 0.272 e. The second kappa shape index (κ2) is 6.15. The van der Waals surface area contributed by atoms with Crippen LogP contribution in [0.5, 0.6) is 0 Å². The molecule has 0 atom stereocenters. The fourth-order valence-electron chi connectivity index (χ4n) is 1.45. The van der Waals surface area contributed by atoms with E-state index in [1.165, 1.54) is 11.3 Å². The number of furan rings is 1. The third-order valence-electron chi connectivity index (χ3n) is 2.34. The van der Waals surface area contributed by atoms with E-state index in [9.17, 15) is 4.79 Å². The van der Waals surface area contributed by atoms with Crippen LogP contribution in [-0.2, 0) is 0 Å². The Morgan fingerprint density at radius 1 is 1.53 bits per heavy atom. The number of carbonyl (C=O) groups is 1. The van der Waals surface area contributed by atoms with Gasteiger partial charge in [-0.15, -0.1) is 11.3 Å². The quantitative estimate of drug-likeness (QED) is 0.685. The molecule has 0 aromatic carbocycles. The van der Waals surface area contributed by atoms with Crippen LogP contribution in [0.1, 0.15) is 27.9 Å². The zero-order chi connectivity index (χ0) is 13.7. The standard InChI is InChI=1S/C14H14N2O2S/c1-10(6-13-4-3-5-18-13)8-15-16-14(17)12-7-11(2)19-9-12/h3-9H,1-2H3,(H,16,17)/b10-6+,15-8+. The summed E-state index contributed by atoms with van der Waals surface area (Å²) >= 11 is 1.54. The number of aryl methyl sites for hydroxylation is 1. The molecule has 0 saturated heterocycles. The third kappa shape index (κ3) is 3.93. The molecule has 0 aliphatic heterocycles. The number of allylic oxidation sites excluding steroid dienone is 1. The van der Waals surface area contributed by atoms with E-state index in [2.05, 4.69) is 10.5 Å². The van der Waals surface area contributed by atoms with E-state index in [-0.39, 0.29) is 5.91 Å². The average Bonchev–Trinajstić information content (AvgIpc) is 3.00. The van der Waals surface area contributed by atoms with E-state index < -0.39 is 0 Å². The van der Waals surface area contributed by atoms with Crippen molar-refractivity contribution < 1.29 is 9.21 Å². The highest BCUT2D eigenvalue weighted by atomic mass is 32.1. The monoisotopic (exact) mass is 274 g/mol. The highest BCUT2D eigenvalue weighted by molar-refractivity contribution is 7.10. The highest BCUT2D eigenvalue weighted by Gasteiger charge is 2.05. The first-order chi connectivity index (χ1) is 9.15. The number of nitrogens with one attached hydrogen (secondary N) is 1. The number of thiophene rings is 1. The summed E-state index contributed by atoms with van der Waals surface area (Å²) < 4.78 is 5.18. The van der Waals surface area contributed by atoms with Crippen molar-refractivity contribution in [2.45, 2.75) is 13.8 Å². The van der Waals surface area contributed by atoms with Crippen LogP contribution in [0.2, 0.25) is 0 Å². The number of hydrogen-bond acceptors (Lipinski definition) is 4.